The van der Waals surface area contributed by atoms with Gasteiger partial charge in [0.1, 0.15) is 5.75 Å². The molecule has 1 N–H and O–H groups in total. The Morgan fingerprint density at radius 1 is 1.10 bits per heavy atom. The molecule has 0 saturated carbocycles. The van der Waals surface area contributed by atoms with E-state index in [1.54, 1.807) is 11.3 Å². The molecule has 6 heteroatoms. The number of nitrogens with one attached hydrogen (secondary N) is 1. The number of carbonyl (C=O) groups is 2. The third-order valence-corrected chi connectivity index (χ3v) is 7.24. The quantitative estimate of drug-likeness (QED) is 0.719. The minimum atomic E-state index is 0.0457. The van der Waals surface area contributed by atoms with Crippen molar-refractivity contribution in [3.05, 3.63) is 51.2 Å². The number of amides is 2. The monoisotopic (exact) mass is 426 g/mol. The van der Waals surface area contributed by atoms with Gasteiger partial charge in [0, 0.05) is 29.6 Å². The number of carbonyl (C=O) groups excluding carboxylic acids is 2. The molecule has 2 amide bonds. The van der Waals surface area contributed by atoms with E-state index < -0.39 is 0 Å². The van der Waals surface area contributed by atoms with Crippen molar-refractivity contribution >= 4 is 23.2 Å². The van der Waals surface area contributed by atoms with E-state index in [1.807, 2.05) is 36.1 Å². The summed E-state index contributed by atoms with van der Waals surface area (Å²) in [7, 11) is 0. The number of rotatable bonds is 5. The van der Waals surface area contributed by atoms with E-state index in [0.717, 1.165) is 36.3 Å². The summed E-state index contributed by atoms with van der Waals surface area (Å²) in [4.78, 5) is 29.6. The van der Waals surface area contributed by atoms with Crippen LogP contribution in [-0.4, -0.2) is 42.5 Å². The molecule has 1 aliphatic heterocycles. The second-order valence-corrected chi connectivity index (χ2v) is 9.25. The summed E-state index contributed by atoms with van der Waals surface area (Å²) < 4.78 is 5.44. The van der Waals surface area contributed by atoms with Crippen molar-refractivity contribution in [2.45, 2.75) is 57.9 Å². The van der Waals surface area contributed by atoms with Crippen molar-refractivity contribution in [2.75, 3.05) is 19.7 Å². The maximum absolute atomic E-state index is 12.8. The van der Waals surface area contributed by atoms with Gasteiger partial charge in [0.15, 0.2) is 0 Å². The summed E-state index contributed by atoms with van der Waals surface area (Å²) in [6.45, 7) is 3.88. The molecule has 0 radical (unpaired) electrons. The number of thiophene rings is 1. The van der Waals surface area contributed by atoms with Gasteiger partial charge in [-0.3, -0.25) is 9.59 Å². The fourth-order valence-electron chi connectivity index (χ4n) is 4.31. The zero-order valence-electron chi connectivity index (χ0n) is 17.6. The highest BCUT2D eigenvalue weighted by atomic mass is 32.1. The molecule has 1 fully saturated rings. The fraction of sp³-hybridized carbons (Fsp3) is 0.500. The van der Waals surface area contributed by atoms with Crippen molar-refractivity contribution in [3.8, 4) is 5.75 Å². The Bertz CT molecular complexity index is 859. The van der Waals surface area contributed by atoms with Crippen molar-refractivity contribution in [3.63, 3.8) is 0 Å². The van der Waals surface area contributed by atoms with Crippen LogP contribution in [0.5, 0.6) is 5.75 Å². The predicted molar refractivity (Wildman–Crippen MR) is 120 cm³/mol. The van der Waals surface area contributed by atoms with Crippen LogP contribution in [0.2, 0.25) is 0 Å². The number of likely N-dealkylation sites (tertiary alicyclic amines) is 1. The highest BCUT2D eigenvalue weighted by Crippen LogP contribution is 2.29. The van der Waals surface area contributed by atoms with Crippen molar-refractivity contribution in [1.29, 1.82) is 0 Å². The van der Waals surface area contributed by atoms with Gasteiger partial charge >= 0.3 is 0 Å². The van der Waals surface area contributed by atoms with Crippen LogP contribution in [0.1, 0.15) is 69.5 Å². The average molecular weight is 427 g/mol. The lowest BCUT2D eigenvalue weighted by atomic mass is 10.0. The largest absolute Gasteiger partial charge is 0.494 e. The third kappa shape index (κ3) is 4.86. The van der Waals surface area contributed by atoms with Crippen molar-refractivity contribution < 1.29 is 14.3 Å². The Balaban J connectivity index is 1.29. The highest BCUT2D eigenvalue weighted by molar-refractivity contribution is 7.14. The number of hydrogen-bond acceptors (Lipinski definition) is 4. The fourth-order valence-corrected chi connectivity index (χ4v) is 5.46. The summed E-state index contributed by atoms with van der Waals surface area (Å²) >= 11 is 1.67. The number of piperidine rings is 1. The van der Waals surface area contributed by atoms with Crippen LogP contribution in [-0.2, 0) is 12.8 Å². The Morgan fingerprint density at radius 3 is 2.57 bits per heavy atom. The average Bonchev–Trinajstić information content (AvgIpc) is 3.05. The van der Waals surface area contributed by atoms with Crippen molar-refractivity contribution in [2.24, 2.45) is 0 Å². The second kappa shape index (κ2) is 9.65. The first-order chi connectivity index (χ1) is 14.6. The lowest BCUT2D eigenvalue weighted by Crippen LogP contribution is -2.46. The number of fused-ring (bicyclic) bond motifs is 1. The van der Waals surface area contributed by atoms with Crippen LogP contribution in [0.15, 0.2) is 30.3 Å². The standard InChI is InChI=1S/C24H30N2O3S/c1-2-29-20-10-8-17(9-11-20)24(28)26-14-12-19(13-15-26)25-23(27)22-16-18-6-4-3-5-7-21(18)30-22/h8-11,16,19H,2-7,12-15H2,1H3,(H,25,27). The van der Waals surface area contributed by atoms with E-state index in [0.29, 0.717) is 25.3 Å². The summed E-state index contributed by atoms with van der Waals surface area (Å²) in [5.41, 5.74) is 2.06. The summed E-state index contributed by atoms with van der Waals surface area (Å²) in [6, 6.07) is 9.55. The molecule has 0 bridgehead atoms. The molecule has 0 spiro atoms. The van der Waals surface area contributed by atoms with Gasteiger partial charge in [0.05, 0.1) is 11.5 Å². The lowest BCUT2D eigenvalue weighted by molar-refractivity contribution is 0.0698. The molecule has 2 aromatic rings. The number of ether oxygens (including phenoxy) is 1. The van der Waals surface area contributed by atoms with Crippen molar-refractivity contribution in [1.82, 2.24) is 10.2 Å². The summed E-state index contributed by atoms with van der Waals surface area (Å²) in [5.74, 6) is 0.871. The van der Waals surface area contributed by atoms with E-state index in [2.05, 4.69) is 11.4 Å². The number of nitrogens with zero attached hydrogens (tertiary/aromatic N) is 1. The number of aryl methyl sites for hydroxylation is 2. The van der Waals surface area contributed by atoms with Crippen LogP contribution in [0.3, 0.4) is 0 Å². The SMILES string of the molecule is CCOc1ccc(C(=O)N2CCC(NC(=O)c3cc4c(s3)CCCCC4)CC2)cc1. The maximum Gasteiger partial charge on any atom is 0.261 e. The smallest absolute Gasteiger partial charge is 0.261 e. The zero-order chi connectivity index (χ0) is 20.9. The van der Waals surface area contributed by atoms with E-state index in [4.69, 9.17) is 4.74 Å². The molecule has 0 atom stereocenters. The summed E-state index contributed by atoms with van der Waals surface area (Å²) in [6.07, 6.45) is 7.54. The van der Waals surface area contributed by atoms with Gasteiger partial charge < -0.3 is 15.0 Å². The molecule has 1 aromatic carbocycles. The molecular weight excluding hydrogens is 396 g/mol. The van der Waals surface area contributed by atoms with Crippen LogP contribution in [0.4, 0.5) is 0 Å². The molecule has 1 aromatic heterocycles. The minimum absolute atomic E-state index is 0.0457. The van der Waals surface area contributed by atoms with Gasteiger partial charge in [-0.25, -0.2) is 0 Å². The molecule has 1 saturated heterocycles. The van der Waals surface area contributed by atoms with E-state index >= 15 is 0 Å². The molecule has 160 valence electrons. The molecule has 5 nitrogen and oxygen atoms in total. The highest BCUT2D eigenvalue weighted by Gasteiger charge is 2.26. The molecule has 30 heavy (non-hydrogen) atoms. The molecule has 1 aliphatic carbocycles. The molecule has 4 rings (SSSR count). The van der Waals surface area contributed by atoms with Gasteiger partial charge in [-0.15, -0.1) is 11.3 Å². The molecule has 0 unspecified atom stereocenters. The second-order valence-electron chi connectivity index (χ2n) is 8.12. The third-order valence-electron chi connectivity index (χ3n) is 6.00. The van der Waals surface area contributed by atoms with E-state index in [-0.39, 0.29) is 17.9 Å². The number of hydrogen-bond donors (Lipinski definition) is 1. The Kier molecular flexibility index (Phi) is 6.72. The number of benzene rings is 1. The zero-order valence-corrected chi connectivity index (χ0v) is 18.4. The van der Waals surface area contributed by atoms with Gasteiger partial charge in [0.25, 0.3) is 11.8 Å². The molecule has 2 aliphatic rings. The minimum Gasteiger partial charge on any atom is -0.494 e. The van der Waals surface area contributed by atoms with Gasteiger partial charge in [0.2, 0.25) is 0 Å². The molecule has 2 heterocycles. The lowest BCUT2D eigenvalue weighted by Gasteiger charge is -2.32. The first-order valence-electron chi connectivity index (χ1n) is 11.1. The van der Waals surface area contributed by atoms with E-state index in [1.165, 1.54) is 29.7 Å². The Labute approximate surface area is 182 Å². The molecular formula is C24H30N2O3S. The van der Waals surface area contributed by atoms with Crippen LogP contribution < -0.4 is 10.1 Å². The normalized spacial score (nSPS) is 17.2. The van der Waals surface area contributed by atoms with Crippen LogP contribution in [0, 0.1) is 0 Å². The van der Waals surface area contributed by atoms with Gasteiger partial charge in [-0.05, 0) is 81.3 Å². The maximum atomic E-state index is 12.8. The van der Waals surface area contributed by atoms with Crippen LogP contribution in [0.25, 0.3) is 0 Å². The van der Waals surface area contributed by atoms with Gasteiger partial charge in [-0.1, -0.05) is 6.42 Å². The first-order valence-corrected chi connectivity index (χ1v) is 11.9. The van der Waals surface area contributed by atoms with Crippen LogP contribution >= 0.6 is 11.3 Å². The first kappa shape index (κ1) is 20.9. The summed E-state index contributed by atoms with van der Waals surface area (Å²) in [5, 5.41) is 3.20. The Hall–Kier alpha value is -2.34. The van der Waals surface area contributed by atoms with E-state index in [9.17, 15) is 9.59 Å². The Morgan fingerprint density at radius 2 is 1.83 bits per heavy atom. The van der Waals surface area contributed by atoms with Gasteiger partial charge in [-0.2, -0.15) is 0 Å². The topological polar surface area (TPSA) is 58.6 Å². The predicted octanol–water partition coefficient (Wildman–Crippen LogP) is 4.45.